The van der Waals surface area contributed by atoms with E-state index < -0.39 is 0 Å². The normalized spacial score (nSPS) is 17.0. The summed E-state index contributed by atoms with van der Waals surface area (Å²) in [6, 6.07) is 8.43. The molecular formula is C17H20N2O2S. The zero-order valence-electron chi connectivity index (χ0n) is 12.7. The highest BCUT2D eigenvalue weighted by Gasteiger charge is 2.21. The second-order valence-electron chi connectivity index (χ2n) is 5.76. The minimum atomic E-state index is 0.00770. The molecule has 0 saturated carbocycles. The Morgan fingerprint density at radius 2 is 2.23 bits per heavy atom. The summed E-state index contributed by atoms with van der Waals surface area (Å²) in [6.07, 6.45) is 3.52. The molecule has 0 saturated heterocycles. The van der Waals surface area contributed by atoms with E-state index in [9.17, 15) is 9.59 Å². The Labute approximate surface area is 133 Å². The lowest BCUT2D eigenvalue weighted by Crippen LogP contribution is -2.32. The molecule has 0 aliphatic heterocycles. The van der Waals surface area contributed by atoms with Gasteiger partial charge in [-0.2, -0.15) is 0 Å². The van der Waals surface area contributed by atoms with E-state index >= 15 is 0 Å². The Bertz CT molecular complexity index is 732. The molecule has 1 aromatic carbocycles. The van der Waals surface area contributed by atoms with E-state index in [1.807, 2.05) is 18.4 Å². The van der Waals surface area contributed by atoms with Crippen LogP contribution in [0.5, 0.6) is 0 Å². The van der Waals surface area contributed by atoms with Crippen LogP contribution in [-0.4, -0.2) is 10.5 Å². The highest BCUT2D eigenvalue weighted by Crippen LogP contribution is 2.29. The summed E-state index contributed by atoms with van der Waals surface area (Å²) in [5, 5.41) is 4.96. The number of aromatic nitrogens is 1. The van der Waals surface area contributed by atoms with Crippen LogP contribution in [0.1, 0.15) is 42.1 Å². The van der Waals surface area contributed by atoms with Gasteiger partial charge in [-0.15, -0.1) is 0 Å². The Morgan fingerprint density at radius 1 is 1.41 bits per heavy atom. The molecule has 0 radical (unpaired) electrons. The van der Waals surface area contributed by atoms with Crippen molar-refractivity contribution >= 4 is 17.2 Å². The molecule has 1 amide bonds. The maximum atomic E-state index is 12.2. The van der Waals surface area contributed by atoms with Crippen LogP contribution in [0.4, 0.5) is 0 Å². The molecule has 4 nitrogen and oxygen atoms in total. The molecule has 0 unspecified atom stereocenters. The van der Waals surface area contributed by atoms with Crippen LogP contribution < -0.4 is 10.2 Å². The van der Waals surface area contributed by atoms with Crippen LogP contribution in [0.2, 0.25) is 0 Å². The van der Waals surface area contributed by atoms with Crippen LogP contribution in [0.15, 0.2) is 34.4 Å². The van der Waals surface area contributed by atoms with Crippen LogP contribution in [0.3, 0.4) is 0 Å². The highest BCUT2D eigenvalue weighted by atomic mass is 32.1. The third-order valence-corrected chi connectivity index (χ3v) is 5.12. The van der Waals surface area contributed by atoms with E-state index in [4.69, 9.17) is 0 Å². The van der Waals surface area contributed by atoms with Crippen LogP contribution in [0, 0.1) is 6.92 Å². The fourth-order valence-corrected chi connectivity index (χ4v) is 3.82. The maximum absolute atomic E-state index is 12.2. The largest absolute Gasteiger partial charge is 0.349 e. The number of hydrogen-bond donors (Lipinski definition) is 1. The van der Waals surface area contributed by atoms with Gasteiger partial charge in [0.05, 0.1) is 6.04 Å². The zero-order valence-corrected chi connectivity index (χ0v) is 13.5. The monoisotopic (exact) mass is 316 g/mol. The van der Waals surface area contributed by atoms with Crippen molar-refractivity contribution in [2.75, 3.05) is 0 Å². The fourth-order valence-electron chi connectivity index (χ4n) is 3.06. The van der Waals surface area contributed by atoms with Gasteiger partial charge in [0.25, 0.3) is 0 Å². The summed E-state index contributed by atoms with van der Waals surface area (Å²) < 4.78 is 1.67. The number of carbonyl (C=O) groups is 1. The molecule has 2 aromatic rings. The number of amides is 1. The average Bonchev–Trinajstić information content (AvgIpc) is 2.84. The fraction of sp³-hybridized carbons (Fsp3) is 0.412. The number of fused-ring (bicyclic) bond motifs is 1. The first-order valence-corrected chi connectivity index (χ1v) is 8.55. The molecule has 0 spiro atoms. The third kappa shape index (κ3) is 3.14. The molecule has 0 fully saturated rings. The quantitative estimate of drug-likeness (QED) is 0.943. The zero-order chi connectivity index (χ0) is 15.5. The van der Waals surface area contributed by atoms with Crippen molar-refractivity contribution in [2.24, 2.45) is 0 Å². The number of rotatable bonds is 4. The summed E-state index contributed by atoms with van der Waals surface area (Å²) in [6.45, 7) is 2.35. The summed E-state index contributed by atoms with van der Waals surface area (Å²) in [5.74, 6) is 0.0132. The smallest absolute Gasteiger partial charge is 0.307 e. The van der Waals surface area contributed by atoms with Gasteiger partial charge < -0.3 is 9.88 Å². The lowest BCUT2D eigenvalue weighted by Gasteiger charge is -2.26. The van der Waals surface area contributed by atoms with Gasteiger partial charge in [0, 0.05) is 24.0 Å². The molecule has 116 valence electrons. The lowest BCUT2D eigenvalue weighted by atomic mass is 9.88. The van der Waals surface area contributed by atoms with Crippen LogP contribution in [-0.2, 0) is 17.8 Å². The summed E-state index contributed by atoms with van der Waals surface area (Å²) in [5.41, 5.74) is 3.50. The van der Waals surface area contributed by atoms with Crippen molar-refractivity contribution in [1.82, 2.24) is 9.88 Å². The molecule has 1 aliphatic rings. The molecule has 1 aliphatic carbocycles. The van der Waals surface area contributed by atoms with Crippen molar-refractivity contribution in [3.8, 4) is 0 Å². The second-order valence-corrected chi connectivity index (χ2v) is 6.58. The number of hydrogen-bond acceptors (Lipinski definition) is 3. The highest BCUT2D eigenvalue weighted by molar-refractivity contribution is 7.07. The molecular weight excluding hydrogens is 296 g/mol. The topological polar surface area (TPSA) is 51.1 Å². The Balaban J connectivity index is 1.62. The number of benzene rings is 1. The molecule has 3 rings (SSSR count). The molecule has 5 heteroatoms. The van der Waals surface area contributed by atoms with Crippen molar-refractivity contribution in [3.63, 3.8) is 0 Å². The van der Waals surface area contributed by atoms with Crippen molar-refractivity contribution in [2.45, 2.75) is 45.2 Å². The summed E-state index contributed by atoms with van der Waals surface area (Å²) in [4.78, 5) is 23.9. The number of thiazole rings is 1. The number of carbonyl (C=O) groups excluding carboxylic acids is 1. The Hall–Kier alpha value is -1.88. The van der Waals surface area contributed by atoms with E-state index in [0.29, 0.717) is 13.0 Å². The van der Waals surface area contributed by atoms with Gasteiger partial charge in [0.2, 0.25) is 5.91 Å². The van der Waals surface area contributed by atoms with Gasteiger partial charge in [-0.1, -0.05) is 35.6 Å². The number of nitrogens with one attached hydrogen (secondary N) is 1. The van der Waals surface area contributed by atoms with E-state index in [0.717, 1.165) is 25.0 Å². The maximum Gasteiger partial charge on any atom is 0.307 e. The Morgan fingerprint density at radius 3 is 3.00 bits per heavy atom. The first-order valence-electron chi connectivity index (χ1n) is 7.67. The van der Waals surface area contributed by atoms with Crippen molar-refractivity contribution in [3.05, 3.63) is 56.1 Å². The first-order chi connectivity index (χ1) is 10.6. The number of nitrogens with zero attached hydrogens (tertiary/aromatic N) is 1. The Kier molecular flexibility index (Phi) is 4.43. The van der Waals surface area contributed by atoms with E-state index in [-0.39, 0.29) is 16.8 Å². The number of aryl methyl sites for hydroxylation is 2. The predicted molar refractivity (Wildman–Crippen MR) is 88.2 cm³/mol. The minimum absolute atomic E-state index is 0.00770. The molecule has 1 N–H and O–H groups in total. The van der Waals surface area contributed by atoms with E-state index in [1.54, 1.807) is 4.57 Å². The molecule has 0 bridgehead atoms. The van der Waals surface area contributed by atoms with Gasteiger partial charge in [-0.05, 0) is 37.3 Å². The summed E-state index contributed by atoms with van der Waals surface area (Å²) in [7, 11) is 0. The van der Waals surface area contributed by atoms with E-state index in [1.165, 1.54) is 22.5 Å². The molecule has 22 heavy (non-hydrogen) atoms. The standard InChI is InChI=1S/C17H20N2O2S/c1-12-11-22-17(21)19(12)10-9-16(20)18-15-8-4-6-13-5-2-3-7-14(13)15/h2-3,5,7,11,15H,4,6,8-10H2,1H3,(H,18,20)/t15-/m0/s1. The summed E-state index contributed by atoms with van der Waals surface area (Å²) >= 11 is 1.18. The predicted octanol–water partition coefficient (Wildman–Crippen LogP) is 2.80. The first kappa shape index (κ1) is 15.0. The van der Waals surface area contributed by atoms with Crippen LogP contribution >= 0.6 is 11.3 Å². The van der Waals surface area contributed by atoms with Crippen molar-refractivity contribution in [1.29, 1.82) is 0 Å². The van der Waals surface area contributed by atoms with E-state index in [2.05, 4.69) is 23.5 Å². The van der Waals surface area contributed by atoms with Gasteiger partial charge in [0.1, 0.15) is 0 Å². The van der Waals surface area contributed by atoms with Gasteiger partial charge in [0.15, 0.2) is 0 Å². The van der Waals surface area contributed by atoms with Gasteiger partial charge in [-0.25, -0.2) is 0 Å². The molecule has 1 heterocycles. The third-order valence-electron chi connectivity index (χ3n) is 4.24. The minimum Gasteiger partial charge on any atom is -0.349 e. The van der Waals surface area contributed by atoms with Crippen molar-refractivity contribution < 1.29 is 4.79 Å². The van der Waals surface area contributed by atoms with Gasteiger partial charge in [-0.3, -0.25) is 9.59 Å². The lowest BCUT2D eigenvalue weighted by molar-refractivity contribution is -0.122. The SMILES string of the molecule is Cc1csc(=O)n1CCC(=O)N[C@H]1CCCc2ccccc21. The van der Waals surface area contributed by atoms with Gasteiger partial charge >= 0.3 is 4.87 Å². The van der Waals surface area contributed by atoms with Crippen LogP contribution in [0.25, 0.3) is 0 Å². The average molecular weight is 316 g/mol. The molecule has 1 aromatic heterocycles. The second kappa shape index (κ2) is 6.48. The molecule has 1 atom stereocenters.